The largest absolute Gasteiger partial charge is 0.328 e. The minimum absolute atomic E-state index is 0.0185. The first-order valence-electron chi connectivity index (χ1n) is 3.32. The predicted molar refractivity (Wildman–Crippen MR) is 34.9 cm³/mol. The van der Waals surface area contributed by atoms with Gasteiger partial charge in [0.2, 0.25) is 0 Å². The van der Waals surface area contributed by atoms with Gasteiger partial charge >= 0.3 is 0 Å². The van der Waals surface area contributed by atoms with Gasteiger partial charge in [-0.15, -0.1) is 0 Å². The number of nitrogens with two attached hydrogens (primary N) is 1. The van der Waals surface area contributed by atoms with Crippen LogP contribution in [-0.2, 0) is 0 Å². The Bertz CT molecular complexity index is 95.1. The fraction of sp³-hybridized carbons (Fsp3) is 1.00. The highest BCUT2D eigenvalue weighted by Crippen LogP contribution is 2.14. The maximum Gasteiger partial charge on any atom is 0.118 e. The molecule has 1 heterocycles. The number of alkyl halides is 1. The maximum absolute atomic E-state index is 12.7. The number of rotatable bonds is 1. The number of halogens is 1. The molecule has 1 aliphatic heterocycles. The zero-order chi connectivity index (χ0) is 6.85. The second kappa shape index (κ2) is 2.62. The lowest BCUT2D eigenvalue weighted by Crippen LogP contribution is -2.32. The lowest BCUT2D eigenvalue weighted by atomic mass is 10.0. The van der Waals surface area contributed by atoms with Crippen LogP contribution in [0.4, 0.5) is 4.39 Å². The summed E-state index contributed by atoms with van der Waals surface area (Å²) in [5.41, 5.74) is 5.51. The van der Waals surface area contributed by atoms with Crippen LogP contribution in [-0.4, -0.2) is 25.3 Å². The van der Waals surface area contributed by atoms with Crippen molar-refractivity contribution in [1.82, 2.24) is 5.32 Å². The van der Waals surface area contributed by atoms with Crippen molar-refractivity contribution in [3.8, 4) is 0 Å². The molecule has 9 heavy (non-hydrogen) atoms. The fourth-order valence-corrected chi connectivity index (χ4v) is 1.18. The van der Waals surface area contributed by atoms with E-state index in [1.54, 1.807) is 0 Å². The molecule has 0 saturated carbocycles. The topological polar surface area (TPSA) is 38.0 Å². The van der Waals surface area contributed by atoms with Gasteiger partial charge in [0, 0.05) is 25.0 Å². The van der Waals surface area contributed by atoms with E-state index in [9.17, 15) is 4.39 Å². The maximum atomic E-state index is 12.7. The van der Waals surface area contributed by atoms with Crippen LogP contribution in [0.1, 0.15) is 6.92 Å². The summed E-state index contributed by atoms with van der Waals surface area (Å²) in [7, 11) is 0. The Morgan fingerprint density at radius 3 is 2.56 bits per heavy atom. The molecule has 54 valence electrons. The van der Waals surface area contributed by atoms with Gasteiger partial charge in [-0.2, -0.15) is 0 Å². The van der Waals surface area contributed by atoms with E-state index in [0.717, 1.165) is 6.54 Å². The van der Waals surface area contributed by atoms with Crippen molar-refractivity contribution in [3.63, 3.8) is 0 Å². The van der Waals surface area contributed by atoms with E-state index >= 15 is 0 Å². The average molecular weight is 132 g/mol. The first kappa shape index (κ1) is 6.96. The molecule has 0 spiro atoms. The SMILES string of the molecule is CC(N)C1CNCC1F. The van der Waals surface area contributed by atoms with Crippen molar-refractivity contribution in [2.75, 3.05) is 13.1 Å². The van der Waals surface area contributed by atoms with Gasteiger partial charge in [0.1, 0.15) is 6.17 Å². The van der Waals surface area contributed by atoms with Crippen LogP contribution >= 0.6 is 0 Å². The van der Waals surface area contributed by atoms with Gasteiger partial charge in [0.25, 0.3) is 0 Å². The summed E-state index contributed by atoms with van der Waals surface area (Å²) in [6.07, 6.45) is -0.731. The number of hydrogen-bond acceptors (Lipinski definition) is 2. The van der Waals surface area contributed by atoms with E-state index in [2.05, 4.69) is 5.32 Å². The highest BCUT2D eigenvalue weighted by atomic mass is 19.1. The van der Waals surface area contributed by atoms with Gasteiger partial charge in [-0.25, -0.2) is 4.39 Å². The van der Waals surface area contributed by atoms with Gasteiger partial charge < -0.3 is 11.1 Å². The first-order chi connectivity index (χ1) is 4.22. The molecule has 0 amide bonds. The molecule has 0 aromatic rings. The summed E-state index contributed by atoms with van der Waals surface area (Å²) >= 11 is 0. The van der Waals surface area contributed by atoms with Gasteiger partial charge in [-0.05, 0) is 6.92 Å². The third-order valence-corrected chi connectivity index (χ3v) is 1.86. The summed E-state index contributed by atoms with van der Waals surface area (Å²) in [5.74, 6) is 0.0324. The van der Waals surface area contributed by atoms with Gasteiger partial charge in [0.15, 0.2) is 0 Å². The van der Waals surface area contributed by atoms with E-state index < -0.39 is 6.17 Å². The Balaban J connectivity index is 2.40. The third kappa shape index (κ3) is 1.40. The van der Waals surface area contributed by atoms with E-state index in [0.29, 0.717) is 6.54 Å². The van der Waals surface area contributed by atoms with E-state index in [-0.39, 0.29) is 12.0 Å². The van der Waals surface area contributed by atoms with Crippen LogP contribution in [0, 0.1) is 5.92 Å². The van der Waals surface area contributed by atoms with Crippen molar-refractivity contribution < 1.29 is 4.39 Å². The molecular formula is C6H13FN2. The van der Waals surface area contributed by atoms with Gasteiger partial charge in [-0.3, -0.25) is 0 Å². The lowest BCUT2D eigenvalue weighted by Gasteiger charge is -2.14. The summed E-state index contributed by atoms with van der Waals surface area (Å²) < 4.78 is 12.7. The van der Waals surface area contributed by atoms with Crippen molar-refractivity contribution in [3.05, 3.63) is 0 Å². The van der Waals surface area contributed by atoms with Crippen LogP contribution in [0.5, 0.6) is 0 Å². The van der Waals surface area contributed by atoms with Crippen LogP contribution in [0.3, 0.4) is 0 Å². The molecule has 3 unspecified atom stereocenters. The lowest BCUT2D eigenvalue weighted by molar-refractivity contribution is 0.259. The molecular weight excluding hydrogens is 119 g/mol. The Morgan fingerprint density at radius 1 is 1.67 bits per heavy atom. The molecule has 2 nitrogen and oxygen atoms in total. The van der Waals surface area contributed by atoms with E-state index in [1.807, 2.05) is 6.92 Å². The van der Waals surface area contributed by atoms with Crippen molar-refractivity contribution >= 4 is 0 Å². The van der Waals surface area contributed by atoms with Crippen LogP contribution in [0.25, 0.3) is 0 Å². The molecule has 0 aliphatic carbocycles. The number of nitrogens with one attached hydrogen (secondary N) is 1. The zero-order valence-corrected chi connectivity index (χ0v) is 5.60. The molecule has 0 aromatic heterocycles. The minimum Gasteiger partial charge on any atom is -0.328 e. The van der Waals surface area contributed by atoms with Crippen molar-refractivity contribution in [2.45, 2.75) is 19.1 Å². The van der Waals surface area contributed by atoms with E-state index in [1.165, 1.54) is 0 Å². The van der Waals surface area contributed by atoms with Crippen LogP contribution in [0.15, 0.2) is 0 Å². The highest BCUT2D eigenvalue weighted by molar-refractivity contribution is 4.85. The van der Waals surface area contributed by atoms with Crippen LogP contribution in [0.2, 0.25) is 0 Å². The second-order valence-electron chi connectivity index (χ2n) is 2.70. The predicted octanol–water partition coefficient (Wildman–Crippen LogP) is -0.109. The van der Waals surface area contributed by atoms with E-state index in [4.69, 9.17) is 5.73 Å². The Labute approximate surface area is 54.6 Å². The normalized spacial score (nSPS) is 39.0. The van der Waals surface area contributed by atoms with Gasteiger partial charge in [-0.1, -0.05) is 0 Å². The Morgan fingerprint density at radius 2 is 2.33 bits per heavy atom. The Hall–Kier alpha value is -0.150. The molecule has 3 atom stereocenters. The quantitative estimate of drug-likeness (QED) is 0.522. The molecule has 3 heteroatoms. The molecule has 0 bridgehead atoms. The van der Waals surface area contributed by atoms with Gasteiger partial charge in [0.05, 0.1) is 0 Å². The van der Waals surface area contributed by atoms with Crippen molar-refractivity contribution in [1.29, 1.82) is 0 Å². The Kier molecular flexibility index (Phi) is 2.03. The summed E-state index contributed by atoms with van der Waals surface area (Å²) in [4.78, 5) is 0. The smallest absolute Gasteiger partial charge is 0.118 e. The fourth-order valence-electron chi connectivity index (χ4n) is 1.18. The molecule has 0 radical (unpaired) electrons. The molecule has 3 N–H and O–H groups in total. The average Bonchev–Trinajstić information content (AvgIpc) is 2.13. The highest BCUT2D eigenvalue weighted by Gasteiger charge is 2.29. The van der Waals surface area contributed by atoms with Crippen LogP contribution < -0.4 is 11.1 Å². The minimum atomic E-state index is -0.731. The molecule has 1 aliphatic rings. The van der Waals surface area contributed by atoms with Crippen molar-refractivity contribution in [2.24, 2.45) is 11.7 Å². The molecule has 1 saturated heterocycles. The standard InChI is InChI=1S/C6H13FN2/c1-4(8)5-2-9-3-6(5)7/h4-6,9H,2-3,8H2,1H3. The second-order valence-corrected chi connectivity index (χ2v) is 2.70. The molecule has 0 aromatic carbocycles. The summed E-state index contributed by atoms with van der Waals surface area (Å²) in [6, 6.07) is -0.0185. The summed E-state index contributed by atoms with van der Waals surface area (Å²) in [5, 5.41) is 2.95. The number of hydrogen-bond donors (Lipinski definition) is 2. The molecule has 1 fully saturated rings. The monoisotopic (exact) mass is 132 g/mol. The zero-order valence-electron chi connectivity index (χ0n) is 5.60. The first-order valence-corrected chi connectivity index (χ1v) is 3.32. The summed E-state index contributed by atoms with van der Waals surface area (Å²) in [6.45, 7) is 3.06. The molecule has 1 rings (SSSR count). The third-order valence-electron chi connectivity index (χ3n) is 1.86.